The van der Waals surface area contributed by atoms with E-state index in [9.17, 15) is 9.32 Å². The molecule has 1 aliphatic rings. The molecule has 0 spiro atoms. The molecule has 0 saturated carbocycles. The smallest absolute Gasteiger partial charge is 0.120 e. The van der Waals surface area contributed by atoms with Crippen LogP contribution in [0.1, 0.15) is 29.9 Å². The minimum atomic E-state index is -1.04. The van der Waals surface area contributed by atoms with Gasteiger partial charge in [0.15, 0.2) is 0 Å². The zero-order chi connectivity index (χ0) is 16.9. The predicted octanol–water partition coefficient (Wildman–Crippen LogP) is 3.48. The fraction of sp³-hybridized carbons (Fsp3) is 0.368. The Morgan fingerprint density at radius 3 is 2.62 bits per heavy atom. The van der Waals surface area contributed by atoms with Crippen LogP contribution in [0, 0.1) is 0 Å². The van der Waals surface area contributed by atoms with Crippen LogP contribution in [0.5, 0.6) is 5.75 Å². The van der Waals surface area contributed by atoms with Gasteiger partial charge >= 0.3 is 0 Å². The van der Waals surface area contributed by atoms with Gasteiger partial charge in [-0.15, -0.1) is 0 Å². The van der Waals surface area contributed by atoms with Crippen molar-refractivity contribution >= 4 is 16.7 Å². The molecule has 2 aromatic rings. The van der Waals surface area contributed by atoms with Crippen molar-refractivity contribution < 1.29 is 9.32 Å². The number of para-hydroxylation sites is 1. The summed E-state index contributed by atoms with van der Waals surface area (Å²) in [6, 6.07) is 15.8. The number of piperidine rings is 1. The third kappa shape index (κ3) is 4.36. The molecule has 1 atom stereocenters. The van der Waals surface area contributed by atoms with Crippen molar-refractivity contribution in [1.29, 1.82) is 0 Å². The molecule has 24 heavy (non-hydrogen) atoms. The molecule has 1 aliphatic heterocycles. The molecule has 0 bridgehead atoms. The lowest BCUT2D eigenvalue weighted by Crippen LogP contribution is -2.32. The number of hydrogen-bond donors (Lipinski definition) is 2. The van der Waals surface area contributed by atoms with E-state index in [2.05, 4.69) is 21.8 Å². The maximum atomic E-state index is 11.3. The van der Waals surface area contributed by atoms with Crippen LogP contribution in [0.15, 0.2) is 48.5 Å². The van der Waals surface area contributed by atoms with Crippen molar-refractivity contribution in [3.05, 3.63) is 59.7 Å². The fourth-order valence-corrected chi connectivity index (χ4v) is 3.79. The molecule has 0 aliphatic carbocycles. The highest BCUT2D eigenvalue weighted by atomic mass is 32.2. The second-order valence-corrected chi connectivity index (χ2v) is 7.47. The van der Waals surface area contributed by atoms with E-state index >= 15 is 0 Å². The van der Waals surface area contributed by atoms with Crippen molar-refractivity contribution in [3.8, 4) is 5.75 Å². The van der Waals surface area contributed by atoms with Crippen molar-refractivity contribution in [2.24, 2.45) is 0 Å². The topological polar surface area (TPSA) is 52.6 Å². The average molecular weight is 344 g/mol. The normalized spacial score (nSPS) is 17.5. The van der Waals surface area contributed by atoms with Gasteiger partial charge in [0.2, 0.25) is 0 Å². The molecule has 2 aromatic carbocycles. The first-order valence-corrected chi connectivity index (χ1v) is 9.87. The fourth-order valence-electron chi connectivity index (χ4n) is 3.33. The molecule has 4 nitrogen and oxygen atoms in total. The monoisotopic (exact) mass is 344 g/mol. The molecule has 3 rings (SSSR count). The summed E-state index contributed by atoms with van der Waals surface area (Å²) in [7, 11) is -1.04. The van der Waals surface area contributed by atoms with E-state index in [1.54, 1.807) is 12.3 Å². The molecule has 0 aromatic heterocycles. The summed E-state index contributed by atoms with van der Waals surface area (Å²) in [5.41, 5.74) is 3.23. The lowest BCUT2D eigenvalue weighted by molar-refractivity contribution is 0.202. The lowest BCUT2D eigenvalue weighted by Gasteiger charge is -2.32. The third-order valence-electron chi connectivity index (χ3n) is 4.59. The van der Waals surface area contributed by atoms with Crippen molar-refractivity contribution in [2.75, 3.05) is 24.1 Å². The van der Waals surface area contributed by atoms with Crippen LogP contribution < -0.4 is 4.72 Å². The summed E-state index contributed by atoms with van der Waals surface area (Å²) < 4.78 is 14.3. The van der Waals surface area contributed by atoms with Gasteiger partial charge in [0.25, 0.3) is 0 Å². The van der Waals surface area contributed by atoms with Gasteiger partial charge in [0.1, 0.15) is 16.7 Å². The van der Waals surface area contributed by atoms with Crippen LogP contribution in [-0.4, -0.2) is 33.6 Å². The first-order valence-electron chi connectivity index (χ1n) is 8.31. The number of rotatable bonds is 5. The molecule has 1 unspecified atom stereocenters. The molecule has 5 heteroatoms. The van der Waals surface area contributed by atoms with Crippen LogP contribution in [0.3, 0.4) is 0 Å². The zero-order valence-corrected chi connectivity index (χ0v) is 14.8. The Balaban J connectivity index is 1.59. The molecular weight excluding hydrogens is 320 g/mol. The SMILES string of the molecule is CS(=O)Nc1cccc(C2CCN(Cc3ccccc3O)CC2)c1. The van der Waals surface area contributed by atoms with Crippen LogP contribution in [-0.2, 0) is 17.5 Å². The van der Waals surface area contributed by atoms with Crippen molar-refractivity contribution in [1.82, 2.24) is 4.90 Å². The number of hydrogen-bond acceptors (Lipinski definition) is 3. The number of phenolic OH excluding ortho intramolecular Hbond substituents is 1. The Morgan fingerprint density at radius 1 is 1.17 bits per heavy atom. The molecule has 1 heterocycles. The summed E-state index contributed by atoms with van der Waals surface area (Å²) in [6.45, 7) is 2.85. The van der Waals surface area contributed by atoms with Crippen LogP contribution in [0.25, 0.3) is 0 Å². The minimum absolute atomic E-state index is 0.381. The van der Waals surface area contributed by atoms with Crippen molar-refractivity contribution in [2.45, 2.75) is 25.3 Å². The predicted molar refractivity (Wildman–Crippen MR) is 99.5 cm³/mol. The van der Waals surface area contributed by atoms with Gasteiger partial charge in [-0.2, -0.15) is 0 Å². The standard InChI is InChI=1S/C19H24N2O2S/c1-24(23)20-18-7-4-6-16(13-18)15-9-11-21(12-10-15)14-17-5-2-3-8-19(17)22/h2-8,13,15,20,22H,9-12,14H2,1H3. The number of nitrogens with zero attached hydrogens (tertiary/aromatic N) is 1. The first-order chi connectivity index (χ1) is 11.6. The Hall–Kier alpha value is -1.85. The van der Waals surface area contributed by atoms with E-state index in [1.807, 2.05) is 30.3 Å². The second-order valence-electron chi connectivity index (χ2n) is 6.36. The summed E-state index contributed by atoms with van der Waals surface area (Å²) in [5, 5.41) is 9.92. The average Bonchev–Trinajstić information content (AvgIpc) is 2.57. The molecule has 0 radical (unpaired) electrons. The van der Waals surface area contributed by atoms with Crippen LogP contribution in [0.2, 0.25) is 0 Å². The Labute approximate surface area is 146 Å². The minimum Gasteiger partial charge on any atom is -0.508 e. The largest absolute Gasteiger partial charge is 0.508 e. The highest BCUT2D eigenvalue weighted by Gasteiger charge is 2.21. The van der Waals surface area contributed by atoms with E-state index in [4.69, 9.17) is 0 Å². The van der Waals surface area contributed by atoms with Gasteiger partial charge in [0, 0.05) is 24.1 Å². The van der Waals surface area contributed by atoms with E-state index in [0.29, 0.717) is 11.7 Å². The highest BCUT2D eigenvalue weighted by molar-refractivity contribution is 7.85. The number of aromatic hydroxyl groups is 1. The second kappa shape index (κ2) is 7.81. The van der Waals surface area contributed by atoms with E-state index in [1.165, 1.54) is 5.56 Å². The Morgan fingerprint density at radius 2 is 1.92 bits per heavy atom. The number of benzene rings is 2. The molecular formula is C19H24N2O2S. The maximum Gasteiger partial charge on any atom is 0.120 e. The molecule has 0 amide bonds. The highest BCUT2D eigenvalue weighted by Crippen LogP contribution is 2.30. The lowest BCUT2D eigenvalue weighted by atomic mass is 9.89. The van der Waals surface area contributed by atoms with Crippen LogP contribution in [0.4, 0.5) is 5.69 Å². The van der Waals surface area contributed by atoms with Gasteiger partial charge in [0.05, 0.1) is 0 Å². The quantitative estimate of drug-likeness (QED) is 0.873. The summed E-state index contributed by atoms with van der Waals surface area (Å²) in [5.74, 6) is 0.920. The van der Waals surface area contributed by atoms with Gasteiger partial charge in [-0.3, -0.25) is 4.90 Å². The van der Waals surface area contributed by atoms with E-state index in [-0.39, 0.29) is 0 Å². The molecule has 1 saturated heterocycles. The number of nitrogens with one attached hydrogen (secondary N) is 1. The van der Waals surface area contributed by atoms with Crippen molar-refractivity contribution in [3.63, 3.8) is 0 Å². The van der Waals surface area contributed by atoms with Gasteiger partial charge in [-0.25, -0.2) is 4.21 Å². The zero-order valence-electron chi connectivity index (χ0n) is 13.9. The maximum absolute atomic E-state index is 11.3. The molecule has 1 fully saturated rings. The summed E-state index contributed by atoms with van der Waals surface area (Å²) in [6.07, 6.45) is 3.85. The number of anilines is 1. The number of likely N-dealkylation sites (tertiary alicyclic amines) is 1. The van der Waals surface area contributed by atoms with Gasteiger partial charge < -0.3 is 9.83 Å². The van der Waals surface area contributed by atoms with E-state index in [0.717, 1.165) is 43.7 Å². The molecule has 2 N–H and O–H groups in total. The summed E-state index contributed by atoms with van der Waals surface area (Å²) in [4.78, 5) is 2.40. The Bertz CT molecular complexity index is 712. The van der Waals surface area contributed by atoms with Crippen LogP contribution >= 0.6 is 0 Å². The van der Waals surface area contributed by atoms with E-state index < -0.39 is 11.0 Å². The first kappa shape index (κ1) is 17.0. The number of phenols is 1. The third-order valence-corrected chi connectivity index (χ3v) is 5.12. The molecule has 128 valence electrons. The van der Waals surface area contributed by atoms with Gasteiger partial charge in [-0.1, -0.05) is 30.3 Å². The summed E-state index contributed by atoms with van der Waals surface area (Å²) >= 11 is 0. The van der Waals surface area contributed by atoms with Gasteiger partial charge in [-0.05, 0) is 55.6 Å². The Kier molecular flexibility index (Phi) is 5.53.